The van der Waals surface area contributed by atoms with Gasteiger partial charge in [-0.1, -0.05) is 42.0 Å². The van der Waals surface area contributed by atoms with Crippen molar-refractivity contribution in [2.45, 2.75) is 52.4 Å². The zero-order valence-electron chi connectivity index (χ0n) is 14.9. The van der Waals surface area contributed by atoms with Gasteiger partial charge in [-0.05, 0) is 75.8 Å². The molecule has 0 saturated heterocycles. The van der Waals surface area contributed by atoms with Crippen LogP contribution in [0.15, 0.2) is 42.5 Å². The number of carbonyl (C=O) groups excluding carboxylic acids is 1. The Balaban J connectivity index is 1.64. The van der Waals surface area contributed by atoms with Gasteiger partial charge in [0.05, 0.1) is 0 Å². The zero-order valence-corrected chi connectivity index (χ0v) is 14.9. The number of rotatable bonds is 2. The SMILES string of the molecule is Cc1ccc(NC(=O)C2[C@H]3CC/C=C\CC/C=C\CC[C@H]23)c(C)c1. The lowest BCUT2D eigenvalue weighted by molar-refractivity contribution is -0.117. The molecule has 0 aromatic heterocycles. The number of hydrogen-bond donors (Lipinski definition) is 1. The van der Waals surface area contributed by atoms with Crippen molar-refractivity contribution in [1.82, 2.24) is 0 Å². The molecule has 1 fully saturated rings. The monoisotopic (exact) mass is 323 g/mol. The van der Waals surface area contributed by atoms with Crippen LogP contribution in [0.5, 0.6) is 0 Å². The van der Waals surface area contributed by atoms with Crippen LogP contribution in [0, 0.1) is 31.6 Å². The van der Waals surface area contributed by atoms with E-state index in [1.54, 1.807) is 0 Å². The fourth-order valence-corrected chi connectivity index (χ4v) is 4.03. The Bertz CT molecular complexity index is 619. The van der Waals surface area contributed by atoms with Crippen LogP contribution < -0.4 is 5.32 Å². The van der Waals surface area contributed by atoms with Gasteiger partial charge in [0.25, 0.3) is 0 Å². The highest BCUT2D eigenvalue weighted by molar-refractivity contribution is 5.95. The lowest BCUT2D eigenvalue weighted by Gasteiger charge is -2.09. The van der Waals surface area contributed by atoms with Crippen LogP contribution in [-0.2, 0) is 4.79 Å². The molecule has 0 spiro atoms. The summed E-state index contributed by atoms with van der Waals surface area (Å²) in [5.41, 5.74) is 3.35. The van der Waals surface area contributed by atoms with Crippen LogP contribution >= 0.6 is 0 Å². The minimum atomic E-state index is 0.202. The Morgan fingerprint density at radius 3 is 2.08 bits per heavy atom. The van der Waals surface area contributed by atoms with Gasteiger partial charge in [-0.25, -0.2) is 0 Å². The van der Waals surface area contributed by atoms with Gasteiger partial charge in [-0.3, -0.25) is 4.79 Å². The van der Waals surface area contributed by atoms with Gasteiger partial charge in [-0.2, -0.15) is 0 Å². The minimum Gasteiger partial charge on any atom is -0.326 e. The zero-order chi connectivity index (χ0) is 16.9. The third-order valence-corrected chi connectivity index (χ3v) is 5.44. The third kappa shape index (κ3) is 4.17. The Morgan fingerprint density at radius 2 is 1.50 bits per heavy atom. The van der Waals surface area contributed by atoms with Gasteiger partial charge in [0.15, 0.2) is 0 Å². The van der Waals surface area contributed by atoms with E-state index >= 15 is 0 Å². The molecule has 2 aliphatic carbocycles. The highest BCUT2D eigenvalue weighted by Crippen LogP contribution is 2.52. The van der Waals surface area contributed by atoms with E-state index < -0.39 is 0 Å². The number of nitrogens with one attached hydrogen (secondary N) is 1. The first kappa shape index (κ1) is 17.0. The first-order valence-corrected chi connectivity index (χ1v) is 9.35. The molecule has 0 radical (unpaired) electrons. The van der Waals surface area contributed by atoms with Crippen molar-refractivity contribution in [2.24, 2.45) is 17.8 Å². The topological polar surface area (TPSA) is 29.1 Å². The molecule has 3 rings (SSSR count). The molecule has 0 aliphatic heterocycles. The maximum Gasteiger partial charge on any atom is 0.228 e. The van der Waals surface area contributed by atoms with Crippen LogP contribution in [0.4, 0.5) is 5.69 Å². The van der Waals surface area contributed by atoms with Gasteiger partial charge in [-0.15, -0.1) is 0 Å². The average molecular weight is 323 g/mol. The van der Waals surface area contributed by atoms with Crippen molar-refractivity contribution in [3.63, 3.8) is 0 Å². The molecule has 2 atom stereocenters. The minimum absolute atomic E-state index is 0.202. The van der Waals surface area contributed by atoms with Crippen LogP contribution in [0.1, 0.15) is 49.7 Å². The lowest BCUT2D eigenvalue weighted by Crippen LogP contribution is -2.16. The molecule has 2 nitrogen and oxygen atoms in total. The molecule has 0 heterocycles. The largest absolute Gasteiger partial charge is 0.326 e. The molecular formula is C22H29NO. The van der Waals surface area contributed by atoms with E-state index in [2.05, 4.69) is 55.6 Å². The highest BCUT2D eigenvalue weighted by atomic mass is 16.2. The van der Waals surface area contributed by atoms with Crippen LogP contribution in [0.2, 0.25) is 0 Å². The highest BCUT2D eigenvalue weighted by Gasteiger charge is 2.52. The number of aryl methyl sites for hydroxylation is 2. The second-order valence-corrected chi connectivity index (χ2v) is 7.34. The van der Waals surface area contributed by atoms with E-state index in [0.29, 0.717) is 11.8 Å². The lowest BCUT2D eigenvalue weighted by atomic mass is 10.1. The van der Waals surface area contributed by atoms with E-state index in [-0.39, 0.29) is 11.8 Å². The number of allylic oxidation sites excluding steroid dienone is 4. The third-order valence-electron chi connectivity index (χ3n) is 5.44. The fraction of sp³-hybridized carbons (Fsp3) is 0.500. The molecule has 24 heavy (non-hydrogen) atoms. The molecule has 1 aromatic carbocycles. The predicted octanol–water partition coefficient (Wildman–Crippen LogP) is 5.57. The summed E-state index contributed by atoms with van der Waals surface area (Å²) in [4.78, 5) is 12.8. The molecule has 1 aromatic rings. The summed E-state index contributed by atoms with van der Waals surface area (Å²) < 4.78 is 0. The Hall–Kier alpha value is -1.83. The van der Waals surface area contributed by atoms with Crippen LogP contribution in [-0.4, -0.2) is 5.91 Å². The van der Waals surface area contributed by atoms with E-state index in [4.69, 9.17) is 0 Å². The summed E-state index contributed by atoms with van der Waals surface area (Å²) in [5, 5.41) is 3.18. The molecule has 0 bridgehead atoms. The second kappa shape index (κ2) is 7.83. The number of anilines is 1. The summed E-state index contributed by atoms with van der Waals surface area (Å²) >= 11 is 0. The van der Waals surface area contributed by atoms with Crippen LogP contribution in [0.3, 0.4) is 0 Å². The fourth-order valence-electron chi connectivity index (χ4n) is 4.03. The molecule has 2 aliphatic rings. The van der Waals surface area contributed by atoms with E-state index in [0.717, 1.165) is 49.8 Å². The number of carbonyl (C=O) groups is 1. The molecule has 128 valence electrons. The van der Waals surface area contributed by atoms with Crippen LogP contribution in [0.25, 0.3) is 0 Å². The maximum absolute atomic E-state index is 12.8. The molecule has 0 unspecified atom stereocenters. The van der Waals surface area contributed by atoms with E-state index in [1.807, 2.05) is 6.07 Å². The normalized spacial score (nSPS) is 29.5. The summed E-state index contributed by atoms with van der Waals surface area (Å²) in [6.07, 6.45) is 16.0. The number of amides is 1. The number of fused-ring (bicyclic) bond motifs is 1. The molecule has 1 N–H and O–H groups in total. The van der Waals surface area contributed by atoms with Gasteiger partial charge in [0, 0.05) is 11.6 Å². The standard InChI is InChI=1S/C22H29NO/c1-16-13-14-20(17(2)15-16)23-22(24)21-18-11-9-7-5-3-4-6-8-10-12-19(18)21/h5-8,13-15,18-19,21H,3-4,9-12H2,1-2H3,(H,23,24)/b7-5-,8-6-/t18-,19-/m0/s1. The smallest absolute Gasteiger partial charge is 0.228 e. The first-order chi connectivity index (χ1) is 11.7. The van der Waals surface area contributed by atoms with E-state index in [9.17, 15) is 4.79 Å². The first-order valence-electron chi connectivity index (χ1n) is 9.35. The Kier molecular flexibility index (Phi) is 5.55. The average Bonchev–Trinajstić information content (AvgIpc) is 3.22. The van der Waals surface area contributed by atoms with Gasteiger partial charge in [0.2, 0.25) is 5.91 Å². The van der Waals surface area contributed by atoms with Crippen molar-refractivity contribution in [2.75, 3.05) is 5.32 Å². The van der Waals surface area contributed by atoms with Gasteiger partial charge >= 0.3 is 0 Å². The summed E-state index contributed by atoms with van der Waals surface area (Å²) in [6.45, 7) is 4.15. The van der Waals surface area contributed by atoms with E-state index in [1.165, 1.54) is 5.56 Å². The number of benzene rings is 1. The summed E-state index contributed by atoms with van der Waals surface area (Å²) in [6, 6.07) is 6.22. The summed E-state index contributed by atoms with van der Waals surface area (Å²) in [5.74, 6) is 1.55. The van der Waals surface area contributed by atoms with Crippen molar-refractivity contribution in [3.8, 4) is 0 Å². The van der Waals surface area contributed by atoms with Crippen molar-refractivity contribution >= 4 is 11.6 Å². The maximum atomic E-state index is 12.8. The quantitative estimate of drug-likeness (QED) is 0.708. The Morgan fingerprint density at radius 1 is 0.917 bits per heavy atom. The molecule has 2 heteroatoms. The van der Waals surface area contributed by atoms with Gasteiger partial charge < -0.3 is 5.32 Å². The van der Waals surface area contributed by atoms with Crippen molar-refractivity contribution in [1.29, 1.82) is 0 Å². The molecule has 1 saturated carbocycles. The number of hydrogen-bond acceptors (Lipinski definition) is 1. The second-order valence-electron chi connectivity index (χ2n) is 7.34. The molecule has 1 amide bonds. The molecular weight excluding hydrogens is 294 g/mol. The summed E-state index contributed by atoms with van der Waals surface area (Å²) in [7, 11) is 0. The van der Waals surface area contributed by atoms with Crippen molar-refractivity contribution < 1.29 is 4.79 Å². The van der Waals surface area contributed by atoms with Crippen molar-refractivity contribution in [3.05, 3.63) is 53.6 Å². The van der Waals surface area contributed by atoms with Gasteiger partial charge in [0.1, 0.15) is 0 Å². The Labute approximate surface area is 146 Å². The predicted molar refractivity (Wildman–Crippen MR) is 101 cm³/mol.